The molecule has 4 rings (SSSR count). The summed E-state index contributed by atoms with van der Waals surface area (Å²) in [5.41, 5.74) is 1.25. The van der Waals surface area contributed by atoms with Crippen molar-refractivity contribution in [1.82, 2.24) is 15.1 Å². The van der Waals surface area contributed by atoms with Crippen molar-refractivity contribution < 1.29 is 4.74 Å². The van der Waals surface area contributed by atoms with E-state index in [0.29, 0.717) is 0 Å². The molecule has 0 radical (unpaired) electrons. The maximum atomic E-state index is 5.40. The molecule has 1 unspecified atom stereocenters. The minimum absolute atomic E-state index is 0.0100. The highest BCUT2D eigenvalue weighted by atomic mass is 32.1. The van der Waals surface area contributed by atoms with Crippen LogP contribution in [0, 0.1) is 0 Å². The first-order chi connectivity index (χ1) is 12.3. The number of nitrogens with zero attached hydrogens (tertiary/aromatic N) is 3. The SMILES string of the molecule is CN1C=c2cc(-c3ccccc3)sc2=NC1NCCN1CCOCC1. The quantitative estimate of drug-likeness (QED) is 0.865. The Morgan fingerprint density at radius 3 is 2.84 bits per heavy atom. The van der Waals surface area contributed by atoms with Crippen LogP contribution in [-0.4, -0.2) is 62.5 Å². The number of rotatable bonds is 5. The maximum absolute atomic E-state index is 5.40. The molecule has 0 amide bonds. The molecule has 1 atom stereocenters. The summed E-state index contributed by atoms with van der Waals surface area (Å²) >= 11 is 1.76. The molecule has 0 spiro atoms. The second kappa shape index (κ2) is 7.66. The number of nitrogens with one attached hydrogen (secondary N) is 1. The fraction of sp³-hybridized carbons (Fsp3) is 0.421. The number of ether oxygens (including phenoxy) is 1. The Labute approximate surface area is 152 Å². The van der Waals surface area contributed by atoms with Gasteiger partial charge in [-0.25, -0.2) is 4.99 Å². The predicted octanol–water partition coefficient (Wildman–Crippen LogP) is 0.923. The summed E-state index contributed by atoms with van der Waals surface area (Å²) in [4.78, 5) is 10.8. The summed E-state index contributed by atoms with van der Waals surface area (Å²) in [7, 11) is 2.08. The summed E-state index contributed by atoms with van der Waals surface area (Å²) in [6, 6.07) is 12.8. The first-order valence-corrected chi connectivity index (χ1v) is 9.62. The molecule has 25 heavy (non-hydrogen) atoms. The lowest BCUT2D eigenvalue weighted by Crippen LogP contribution is -2.49. The van der Waals surface area contributed by atoms with Gasteiger partial charge in [0.25, 0.3) is 0 Å². The van der Waals surface area contributed by atoms with E-state index in [9.17, 15) is 0 Å². The van der Waals surface area contributed by atoms with Gasteiger partial charge in [0.1, 0.15) is 4.67 Å². The number of benzene rings is 1. The van der Waals surface area contributed by atoms with Gasteiger partial charge in [-0.3, -0.25) is 10.2 Å². The number of morpholine rings is 1. The Balaban J connectivity index is 1.44. The third kappa shape index (κ3) is 3.93. The molecular formula is C19H24N4OS. The normalized spacial score (nSPS) is 20.7. The van der Waals surface area contributed by atoms with E-state index >= 15 is 0 Å². The zero-order valence-corrected chi connectivity index (χ0v) is 15.3. The molecule has 1 aromatic heterocycles. The van der Waals surface area contributed by atoms with Crippen molar-refractivity contribution in [3.05, 3.63) is 46.3 Å². The van der Waals surface area contributed by atoms with Gasteiger partial charge in [0.05, 0.1) is 13.2 Å². The molecule has 1 aromatic carbocycles. The van der Waals surface area contributed by atoms with Gasteiger partial charge in [-0.05, 0) is 11.6 Å². The molecule has 5 nitrogen and oxygen atoms in total. The molecule has 6 heteroatoms. The van der Waals surface area contributed by atoms with Gasteiger partial charge in [-0.1, -0.05) is 30.3 Å². The first kappa shape index (κ1) is 16.7. The maximum Gasteiger partial charge on any atom is 0.177 e. The van der Waals surface area contributed by atoms with E-state index in [0.717, 1.165) is 44.1 Å². The second-order valence-electron chi connectivity index (χ2n) is 6.44. The highest BCUT2D eigenvalue weighted by Gasteiger charge is 2.16. The van der Waals surface area contributed by atoms with Crippen molar-refractivity contribution in [3.8, 4) is 10.4 Å². The van der Waals surface area contributed by atoms with Crippen molar-refractivity contribution in [2.24, 2.45) is 4.99 Å². The van der Waals surface area contributed by atoms with Gasteiger partial charge in [-0.2, -0.15) is 0 Å². The predicted molar refractivity (Wildman–Crippen MR) is 102 cm³/mol. The van der Waals surface area contributed by atoms with Crippen molar-refractivity contribution in [2.75, 3.05) is 46.4 Å². The Kier molecular flexibility index (Phi) is 5.12. The zero-order chi connectivity index (χ0) is 17.1. The molecular weight excluding hydrogens is 332 g/mol. The van der Waals surface area contributed by atoms with E-state index in [1.54, 1.807) is 11.3 Å². The lowest BCUT2D eigenvalue weighted by atomic mass is 10.2. The molecule has 3 heterocycles. The fourth-order valence-electron chi connectivity index (χ4n) is 3.19. The van der Waals surface area contributed by atoms with Crippen LogP contribution in [-0.2, 0) is 4.74 Å². The van der Waals surface area contributed by atoms with Gasteiger partial charge in [0.15, 0.2) is 6.29 Å². The fourth-order valence-corrected chi connectivity index (χ4v) is 4.22. The monoisotopic (exact) mass is 356 g/mol. The van der Waals surface area contributed by atoms with Gasteiger partial charge >= 0.3 is 0 Å². The van der Waals surface area contributed by atoms with E-state index in [1.807, 2.05) is 0 Å². The standard InChI is InChI=1S/C19H24N4OS/c1-22-14-16-13-17(15-5-3-2-4-6-15)25-18(16)21-19(22)20-7-8-23-9-11-24-12-10-23/h2-6,13-14,19-20H,7-12H2,1H3. The molecule has 2 aromatic rings. The van der Waals surface area contributed by atoms with E-state index < -0.39 is 0 Å². The second-order valence-corrected chi connectivity index (χ2v) is 7.47. The minimum Gasteiger partial charge on any atom is -0.379 e. The van der Waals surface area contributed by atoms with Gasteiger partial charge in [0.2, 0.25) is 0 Å². The van der Waals surface area contributed by atoms with Gasteiger partial charge in [-0.15, -0.1) is 11.3 Å². The highest BCUT2D eigenvalue weighted by molar-refractivity contribution is 7.13. The molecule has 0 aliphatic carbocycles. The summed E-state index contributed by atoms with van der Waals surface area (Å²) in [5, 5.41) is 4.77. The van der Waals surface area contributed by atoms with Crippen LogP contribution in [0.5, 0.6) is 0 Å². The van der Waals surface area contributed by atoms with Crippen molar-refractivity contribution >= 4 is 17.5 Å². The summed E-state index contributed by atoms with van der Waals surface area (Å²) in [6.45, 7) is 5.72. The number of hydrogen-bond donors (Lipinski definition) is 1. The summed E-state index contributed by atoms with van der Waals surface area (Å²) in [5.74, 6) is 0. The average molecular weight is 356 g/mol. The van der Waals surface area contributed by atoms with E-state index in [4.69, 9.17) is 9.73 Å². The molecule has 0 bridgehead atoms. The molecule has 0 saturated carbocycles. The molecule has 2 aliphatic rings. The average Bonchev–Trinajstić information content (AvgIpc) is 3.06. The van der Waals surface area contributed by atoms with Crippen LogP contribution in [0.1, 0.15) is 0 Å². The van der Waals surface area contributed by atoms with Crippen LogP contribution in [0.25, 0.3) is 16.6 Å². The number of thiophene rings is 1. The zero-order valence-electron chi connectivity index (χ0n) is 14.5. The largest absolute Gasteiger partial charge is 0.379 e. The van der Waals surface area contributed by atoms with E-state index in [2.05, 4.69) is 64.8 Å². The lowest BCUT2D eigenvalue weighted by molar-refractivity contribution is 0.0376. The number of hydrogen-bond acceptors (Lipinski definition) is 6. The first-order valence-electron chi connectivity index (χ1n) is 8.80. The Morgan fingerprint density at radius 2 is 2.04 bits per heavy atom. The van der Waals surface area contributed by atoms with Crippen molar-refractivity contribution in [3.63, 3.8) is 0 Å². The van der Waals surface area contributed by atoms with Crippen molar-refractivity contribution in [2.45, 2.75) is 6.29 Å². The van der Waals surface area contributed by atoms with Crippen LogP contribution in [0.4, 0.5) is 0 Å². The smallest absolute Gasteiger partial charge is 0.177 e. The molecule has 1 saturated heterocycles. The van der Waals surface area contributed by atoms with Gasteiger partial charge < -0.3 is 9.64 Å². The Morgan fingerprint density at radius 1 is 1.24 bits per heavy atom. The van der Waals surface area contributed by atoms with E-state index in [-0.39, 0.29) is 6.29 Å². The third-order valence-electron chi connectivity index (χ3n) is 4.63. The summed E-state index contributed by atoms with van der Waals surface area (Å²) < 4.78 is 6.51. The van der Waals surface area contributed by atoms with Crippen LogP contribution >= 0.6 is 11.3 Å². The van der Waals surface area contributed by atoms with Gasteiger partial charge in [0, 0.05) is 49.5 Å². The summed E-state index contributed by atoms with van der Waals surface area (Å²) in [6.07, 6.45) is 2.20. The van der Waals surface area contributed by atoms with Crippen LogP contribution in [0.15, 0.2) is 41.4 Å². The molecule has 132 valence electrons. The third-order valence-corrected chi connectivity index (χ3v) is 5.73. The topological polar surface area (TPSA) is 40.1 Å². The van der Waals surface area contributed by atoms with Crippen LogP contribution in [0.3, 0.4) is 0 Å². The Hall–Kier alpha value is -1.73. The number of fused-ring (bicyclic) bond motifs is 1. The molecule has 1 N–H and O–H groups in total. The Bertz CT molecular complexity index is 814. The van der Waals surface area contributed by atoms with E-state index in [1.165, 1.54) is 15.7 Å². The van der Waals surface area contributed by atoms with Crippen LogP contribution in [0.2, 0.25) is 0 Å². The van der Waals surface area contributed by atoms with Crippen molar-refractivity contribution in [1.29, 1.82) is 0 Å². The molecule has 1 fully saturated rings. The lowest BCUT2D eigenvalue weighted by Gasteiger charge is -2.29. The highest BCUT2D eigenvalue weighted by Crippen LogP contribution is 2.20. The molecule has 2 aliphatic heterocycles. The van der Waals surface area contributed by atoms with Crippen LogP contribution < -0.4 is 15.2 Å². The minimum atomic E-state index is 0.0100.